The van der Waals surface area contributed by atoms with Gasteiger partial charge in [0, 0.05) is 26.2 Å². The van der Waals surface area contributed by atoms with Crippen LogP contribution in [0.4, 0.5) is 0 Å². The summed E-state index contributed by atoms with van der Waals surface area (Å²) in [6.45, 7) is 2.11. The molecule has 0 aromatic carbocycles. The molecule has 2 amide bonds. The summed E-state index contributed by atoms with van der Waals surface area (Å²) in [5, 5.41) is 5.54. The summed E-state index contributed by atoms with van der Waals surface area (Å²) in [6.07, 6.45) is 1.34. The minimum Gasteiger partial charge on any atom is -0.355 e. The summed E-state index contributed by atoms with van der Waals surface area (Å²) in [4.78, 5) is 25.9. The predicted molar refractivity (Wildman–Crippen MR) is 65.3 cm³/mol. The maximum absolute atomic E-state index is 11.6. The average molecular weight is 276 g/mol. The molecule has 1 aromatic heterocycles. The smallest absolute Gasteiger partial charge is 0.252 e. The van der Waals surface area contributed by atoms with Gasteiger partial charge < -0.3 is 10.6 Å². The molecular weight excluding hydrogens is 265 g/mol. The van der Waals surface area contributed by atoms with Crippen molar-refractivity contribution < 1.29 is 9.59 Å². The lowest BCUT2D eigenvalue weighted by Gasteiger charge is -2.06. The molecule has 0 aliphatic carbocycles. The summed E-state index contributed by atoms with van der Waals surface area (Å²) in [6, 6.07) is 1.44. The van der Waals surface area contributed by atoms with Crippen molar-refractivity contribution >= 4 is 35.0 Å². The third-order valence-corrected chi connectivity index (χ3v) is 2.53. The summed E-state index contributed by atoms with van der Waals surface area (Å²) in [5.74, 6) is -0.461. The number of nitrogens with zero attached hydrogens (tertiary/aromatic N) is 1. The van der Waals surface area contributed by atoms with Crippen LogP contribution in [0.3, 0.4) is 0 Å². The van der Waals surface area contributed by atoms with Crippen molar-refractivity contribution in [3.63, 3.8) is 0 Å². The number of carbonyl (C=O) groups excluding carboxylic acids is 2. The highest BCUT2D eigenvalue weighted by atomic mass is 35.5. The molecule has 5 nitrogen and oxygen atoms in total. The van der Waals surface area contributed by atoms with E-state index in [0.29, 0.717) is 18.7 Å². The summed E-state index contributed by atoms with van der Waals surface area (Å²) < 4.78 is 0. The molecule has 0 radical (unpaired) electrons. The largest absolute Gasteiger partial charge is 0.355 e. The minimum atomic E-state index is -0.318. The van der Waals surface area contributed by atoms with Gasteiger partial charge in [-0.3, -0.25) is 9.59 Å². The quantitative estimate of drug-likeness (QED) is 0.642. The topological polar surface area (TPSA) is 71.1 Å². The van der Waals surface area contributed by atoms with E-state index in [-0.39, 0.29) is 22.0 Å². The van der Waals surface area contributed by atoms with Gasteiger partial charge in [-0.2, -0.15) is 0 Å². The Kier molecular flexibility index (Phi) is 5.18. The van der Waals surface area contributed by atoms with Crippen molar-refractivity contribution in [3.8, 4) is 0 Å². The molecule has 1 heterocycles. The molecule has 0 unspecified atom stereocenters. The van der Waals surface area contributed by atoms with Crippen LogP contribution >= 0.6 is 23.2 Å². The molecule has 17 heavy (non-hydrogen) atoms. The van der Waals surface area contributed by atoms with Crippen LogP contribution < -0.4 is 10.6 Å². The first-order valence-electron chi connectivity index (χ1n) is 4.84. The fourth-order valence-electron chi connectivity index (χ4n) is 1.06. The monoisotopic (exact) mass is 275 g/mol. The number of amides is 2. The van der Waals surface area contributed by atoms with Crippen LogP contribution in [-0.2, 0) is 4.79 Å². The standard InChI is InChI=1S/C10H11Cl2N3O2/c1-6(16)13-2-3-14-10(17)7-4-8(11)9(12)15-5-7/h4-5H,2-3H2,1H3,(H,13,16)(H,14,17). The van der Waals surface area contributed by atoms with E-state index in [9.17, 15) is 9.59 Å². The van der Waals surface area contributed by atoms with Crippen LogP contribution in [0, 0.1) is 0 Å². The van der Waals surface area contributed by atoms with Crippen LogP contribution in [0.25, 0.3) is 0 Å². The maximum Gasteiger partial charge on any atom is 0.252 e. The van der Waals surface area contributed by atoms with Gasteiger partial charge >= 0.3 is 0 Å². The molecule has 0 atom stereocenters. The number of hydrogen-bond donors (Lipinski definition) is 2. The van der Waals surface area contributed by atoms with E-state index in [0.717, 1.165) is 0 Å². The lowest BCUT2D eigenvalue weighted by atomic mass is 10.2. The Bertz CT molecular complexity index is 438. The Morgan fingerprint density at radius 3 is 2.53 bits per heavy atom. The van der Waals surface area contributed by atoms with Crippen LogP contribution in [0.15, 0.2) is 12.3 Å². The van der Waals surface area contributed by atoms with Crippen LogP contribution in [0.1, 0.15) is 17.3 Å². The second kappa shape index (κ2) is 6.42. The van der Waals surface area contributed by atoms with E-state index >= 15 is 0 Å². The lowest BCUT2D eigenvalue weighted by molar-refractivity contribution is -0.118. The number of pyridine rings is 1. The number of rotatable bonds is 4. The SMILES string of the molecule is CC(=O)NCCNC(=O)c1cnc(Cl)c(Cl)c1. The third-order valence-electron chi connectivity index (χ3n) is 1.84. The number of halogens is 2. The molecule has 0 aliphatic rings. The van der Waals surface area contributed by atoms with Gasteiger partial charge in [0.05, 0.1) is 10.6 Å². The fourth-order valence-corrected chi connectivity index (χ4v) is 1.33. The highest BCUT2D eigenvalue weighted by Gasteiger charge is 2.08. The van der Waals surface area contributed by atoms with Crippen LogP contribution in [-0.4, -0.2) is 29.9 Å². The third kappa shape index (κ3) is 4.58. The van der Waals surface area contributed by atoms with Gasteiger partial charge in [0.2, 0.25) is 5.91 Å². The molecular formula is C10H11Cl2N3O2. The summed E-state index contributed by atoms with van der Waals surface area (Å²) in [7, 11) is 0. The van der Waals surface area contributed by atoms with Gasteiger partial charge in [-0.25, -0.2) is 4.98 Å². The Labute approximate surface area is 109 Å². The zero-order valence-corrected chi connectivity index (χ0v) is 10.6. The Morgan fingerprint density at radius 1 is 1.29 bits per heavy atom. The fraction of sp³-hybridized carbons (Fsp3) is 0.300. The van der Waals surface area contributed by atoms with Gasteiger partial charge in [0.1, 0.15) is 5.15 Å². The van der Waals surface area contributed by atoms with E-state index < -0.39 is 0 Å². The lowest BCUT2D eigenvalue weighted by Crippen LogP contribution is -2.33. The normalized spacial score (nSPS) is 9.82. The van der Waals surface area contributed by atoms with Gasteiger partial charge in [-0.1, -0.05) is 23.2 Å². The zero-order valence-electron chi connectivity index (χ0n) is 9.09. The van der Waals surface area contributed by atoms with Crippen molar-refractivity contribution in [2.75, 3.05) is 13.1 Å². The summed E-state index contributed by atoms with van der Waals surface area (Å²) >= 11 is 11.4. The Balaban J connectivity index is 2.47. The van der Waals surface area contributed by atoms with Crippen LogP contribution in [0.2, 0.25) is 10.2 Å². The molecule has 0 bridgehead atoms. The first-order valence-corrected chi connectivity index (χ1v) is 5.60. The van der Waals surface area contributed by atoms with Gasteiger partial charge in [-0.05, 0) is 6.07 Å². The van der Waals surface area contributed by atoms with Gasteiger partial charge in [0.25, 0.3) is 5.91 Å². The first kappa shape index (κ1) is 13.7. The van der Waals surface area contributed by atoms with E-state index in [4.69, 9.17) is 23.2 Å². The highest BCUT2D eigenvalue weighted by molar-refractivity contribution is 6.41. The van der Waals surface area contributed by atoms with Gasteiger partial charge in [-0.15, -0.1) is 0 Å². The molecule has 0 spiro atoms. The predicted octanol–water partition coefficient (Wildman–Crippen LogP) is 1.25. The average Bonchev–Trinajstić information content (AvgIpc) is 2.27. The van der Waals surface area contributed by atoms with Crippen molar-refractivity contribution in [1.29, 1.82) is 0 Å². The molecule has 1 aromatic rings. The van der Waals surface area contributed by atoms with Crippen molar-refractivity contribution in [1.82, 2.24) is 15.6 Å². The van der Waals surface area contributed by atoms with Crippen molar-refractivity contribution in [2.24, 2.45) is 0 Å². The van der Waals surface area contributed by atoms with E-state index in [1.165, 1.54) is 19.2 Å². The van der Waals surface area contributed by atoms with Crippen LogP contribution in [0.5, 0.6) is 0 Å². The van der Waals surface area contributed by atoms with Crippen molar-refractivity contribution in [2.45, 2.75) is 6.92 Å². The first-order chi connectivity index (χ1) is 8.00. The second-order valence-corrected chi connectivity index (χ2v) is 4.00. The summed E-state index contributed by atoms with van der Waals surface area (Å²) in [5.41, 5.74) is 0.322. The van der Waals surface area contributed by atoms with Crippen molar-refractivity contribution in [3.05, 3.63) is 28.0 Å². The Morgan fingerprint density at radius 2 is 1.94 bits per heavy atom. The number of aromatic nitrogens is 1. The molecule has 0 saturated heterocycles. The number of nitrogens with one attached hydrogen (secondary N) is 2. The molecule has 0 saturated carbocycles. The molecule has 2 N–H and O–H groups in total. The van der Waals surface area contributed by atoms with E-state index in [2.05, 4.69) is 15.6 Å². The number of carbonyl (C=O) groups is 2. The maximum atomic E-state index is 11.6. The minimum absolute atomic E-state index is 0.143. The highest BCUT2D eigenvalue weighted by Crippen LogP contribution is 2.19. The number of hydrogen-bond acceptors (Lipinski definition) is 3. The molecule has 0 aliphatic heterocycles. The Hall–Kier alpha value is -1.33. The second-order valence-electron chi connectivity index (χ2n) is 3.24. The molecule has 0 fully saturated rings. The molecule has 92 valence electrons. The molecule has 7 heteroatoms. The van der Waals surface area contributed by atoms with Gasteiger partial charge in [0.15, 0.2) is 0 Å². The molecule has 1 rings (SSSR count). The van der Waals surface area contributed by atoms with E-state index in [1.54, 1.807) is 0 Å². The van der Waals surface area contributed by atoms with E-state index in [1.807, 2.05) is 0 Å². The zero-order chi connectivity index (χ0) is 12.8.